The van der Waals surface area contributed by atoms with Crippen LogP contribution in [0.4, 0.5) is 13.2 Å². The molecular weight excluding hydrogens is 443 g/mol. The predicted molar refractivity (Wildman–Crippen MR) is 122 cm³/mol. The molecule has 178 valence electrons. The summed E-state index contributed by atoms with van der Waals surface area (Å²) >= 11 is 0. The van der Waals surface area contributed by atoms with Crippen molar-refractivity contribution >= 4 is 5.91 Å². The number of halogens is 3. The number of alkyl halides is 3. The lowest BCUT2D eigenvalue weighted by atomic mass is 9.97. The van der Waals surface area contributed by atoms with E-state index in [4.69, 9.17) is 0 Å². The van der Waals surface area contributed by atoms with Gasteiger partial charge in [-0.1, -0.05) is 18.2 Å². The summed E-state index contributed by atoms with van der Waals surface area (Å²) in [5.41, 5.74) is 1.22. The molecular formula is C26H26F3N3O2. The molecule has 1 atom stereocenters. The van der Waals surface area contributed by atoms with E-state index in [9.17, 15) is 23.1 Å². The third-order valence-electron chi connectivity index (χ3n) is 6.16. The molecule has 1 amide bonds. The molecule has 0 bridgehead atoms. The Balaban J connectivity index is 1.59. The van der Waals surface area contributed by atoms with Crippen molar-refractivity contribution < 1.29 is 23.1 Å². The minimum atomic E-state index is -4.43. The van der Waals surface area contributed by atoms with Gasteiger partial charge in [-0.05, 0) is 74.4 Å². The van der Waals surface area contributed by atoms with E-state index in [0.717, 1.165) is 30.7 Å². The fourth-order valence-corrected chi connectivity index (χ4v) is 3.91. The fourth-order valence-electron chi connectivity index (χ4n) is 3.91. The van der Waals surface area contributed by atoms with Crippen LogP contribution in [0.5, 0.6) is 0 Å². The number of aromatic nitrogens is 2. The van der Waals surface area contributed by atoms with E-state index in [1.165, 1.54) is 18.3 Å². The molecule has 34 heavy (non-hydrogen) atoms. The highest BCUT2D eigenvalue weighted by molar-refractivity contribution is 5.95. The van der Waals surface area contributed by atoms with Gasteiger partial charge in [0.25, 0.3) is 5.91 Å². The number of nitrogens with one attached hydrogen (secondary N) is 1. The van der Waals surface area contributed by atoms with Crippen molar-refractivity contribution in [2.45, 2.75) is 44.4 Å². The summed E-state index contributed by atoms with van der Waals surface area (Å²) in [5.74, 6) is -0.208. The molecule has 3 aromatic rings. The molecule has 1 saturated carbocycles. The summed E-state index contributed by atoms with van der Waals surface area (Å²) in [6.45, 7) is 1.82. The van der Waals surface area contributed by atoms with Crippen LogP contribution < -0.4 is 5.32 Å². The van der Waals surface area contributed by atoms with Gasteiger partial charge >= 0.3 is 6.18 Å². The van der Waals surface area contributed by atoms with Crippen LogP contribution in [0.15, 0.2) is 60.9 Å². The van der Waals surface area contributed by atoms with E-state index in [0.29, 0.717) is 29.7 Å². The lowest BCUT2D eigenvalue weighted by Crippen LogP contribution is -2.42. The standard InChI is InChI=1S/C26H26F3N3O2/c1-25(34,19-9-10-19)16-32-24(33)18-14-22(17-5-7-20(8-6-17)26(27,28)29)23(31-15-18)12-11-21-4-2-3-13-30-21/h2-8,13-15,19,34H,9-12,16H2,1H3,(H,32,33)/t25-/m0/s1. The molecule has 1 aromatic carbocycles. The number of benzene rings is 1. The van der Waals surface area contributed by atoms with Crippen LogP contribution in [0.3, 0.4) is 0 Å². The first-order valence-electron chi connectivity index (χ1n) is 11.2. The number of carbonyl (C=O) groups is 1. The zero-order valence-corrected chi connectivity index (χ0v) is 18.8. The van der Waals surface area contributed by atoms with Crippen LogP contribution >= 0.6 is 0 Å². The van der Waals surface area contributed by atoms with Gasteiger partial charge in [0, 0.05) is 35.9 Å². The molecule has 2 aromatic heterocycles. The van der Waals surface area contributed by atoms with Crippen molar-refractivity contribution in [1.29, 1.82) is 0 Å². The van der Waals surface area contributed by atoms with Gasteiger partial charge in [0.05, 0.1) is 16.7 Å². The minimum Gasteiger partial charge on any atom is -0.388 e. The maximum absolute atomic E-state index is 13.0. The maximum Gasteiger partial charge on any atom is 0.416 e. The summed E-state index contributed by atoms with van der Waals surface area (Å²) in [5, 5.41) is 13.2. The smallest absolute Gasteiger partial charge is 0.388 e. The molecule has 0 spiro atoms. The highest BCUT2D eigenvalue weighted by Crippen LogP contribution is 2.39. The molecule has 2 heterocycles. The van der Waals surface area contributed by atoms with Crippen molar-refractivity contribution in [3.05, 3.63) is 83.4 Å². The average molecular weight is 470 g/mol. The average Bonchev–Trinajstić information content (AvgIpc) is 3.68. The maximum atomic E-state index is 13.0. The number of pyridine rings is 2. The molecule has 1 aliphatic carbocycles. The lowest BCUT2D eigenvalue weighted by Gasteiger charge is -2.23. The summed E-state index contributed by atoms with van der Waals surface area (Å²) in [4.78, 5) is 21.6. The summed E-state index contributed by atoms with van der Waals surface area (Å²) < 4.78 is 39.1. The van der Waals surface area contributed by atoms with Crippen LogP contribution in [0.2, 0.25) is 0 Å². The van der Waals surface area contributed by atoms with Crippen molar-refractivity contribution in [2.75, 3.05) is 6.54 Å². The van der Waals surface area contributed by atoms with E-state index in [1.54, 1.807) is 19.2 Å². The van der Waals surface area contributed by atoms with Gasteiger partial charge in [0.1, 0.15) is 0 Å². The Morgan fingerprint density at radius 1 is 1.09 bits per heavy atom. The molecule has 8 heteroatoms. The first-order chi connectivity index (χ1) is 16.1. The normalized spacial score (nSPS) is 15.6. The molecule has 0 unspecified atom stereocenters. The zero-order valence-electron chi connectivity index (χ0n) is 18.8. The highest BCUT2D eigenvalue weighted by Gasteiger charge is 2.40. The third kappa shape index (κ3) is 5.80. The van der Waals surface area contributed by atoms with E-state index in [-0.39, 0.29) is 18.0 Å². The van der Waals surface area contributed by atoms with E-state index >= 15 is 0 Å². The van der Waals surface area contributed by atoms with Gasteiger partial charge in [-0.3, -0.25) is 14.8 Å². The van der Waals surface area contributed by atoms with Gasteiger partial charge in [-0.15, -0.1) is 0 Å². The first kappa shape index (κ1) is 23.9. The topological polar surface area (TPSA) is 75.1 Å². The second kappa shape index (κ2) is 9.54. The van der Waals surface area contributed by atoms with Gasteiger partial charge in [-0.25, -0.2) is 0 Å². The summed E-state index contributed by atoms with van der Waals surface area (Å²) in [6.07, 6.45) is 1.70. The predicted octanol–water partition coefficient (Wildman–Crippen LogP) is 4.84. The second-order valence-corrected chi connectivity index (χ2v) is 8.93. The molecule has 4 rings (SSSR count). The van der Waals surface area contributed by atoms with Gasteiger partial charge in [0.2, 0.25) is 0 Å². The number of rotatable bonds is 8. The number of amides is 1. The Labute approximate surface area is 196 Å². The number of nitrogens with zero attached hydrogens (tertiary/aromatic N) is 2. The van der Waals surface area contributed by atoms with Crippen LogP contribution in [0, 0.1) is 5.92 Å². The Hall–Kier alpha value is -3.26. The molecule has 1 aliphatic rings. The monoisotopic (exact) mass is 469 g/mol. The third-order valence-corrected chi connectivity index (χ3v) is 6.16. The molecule has 0 saturated heterocycles. The number of aliphatic hydroxyl groups is 1. The Morgan fingerprint density at radius 3 is 2.44 bits per heavy atom. The second-order valence-electron chi connectivity index (χ2n) is 8.93. The van der Waals surface area contributed by atoms with E-state index < -0.39 is 23.2 Å². The fraction of sp³-hybridized carbons (Fsp3) is 0.346. The van der Waals surface area contributed by atoms with Gasteiger partial charge < -0.3 is 10.4 Å². The van der Waals surface area contributed by atoms with Crippen LogP contribution in [0.25, 0.3) is 11.1 Å². The van der Waals surface area contributed by atoms with Crippen molar-refractivity contribution in [3.63, 3.8) is 0 Å². The minimum absolute atomic E-state index is 0.119. The molecule has 2 N–H and O–H groups in total. The number of carbonyl (C=O) groups excluding carboxylic acids is 1. The van der Waals surface area contributed by atoms with Gasteiger partial charge in [-0.2, -0.15) is 13.2 Å². The first-order valence-corrected chi connectivity index (χ1v) is 11.2. The molecule has 1 fully saturated rings. The number of hydrogen-bond acceptors (Lipinski definition) is 4. The Bertz CT molecular complexity index is 1140. The Morgan fingerprint density at radius 2 is 1.82 bits per heavy atom. The van der Waals surface area contributed by atoms with E-state index in [2.05, 4.69) is 15.3 Å². The molecule has 0 radical (unpaired) electrons. The number of aryl methyl sites for hydroxylation is 2. The summed E-state index contributed by atoms with van der Waals surface area (Å²) in [6, 6.07) is 12.1. The molecule has 0 aliphatic heterocycles. The molecule has 5 nitrogen and oxygen atoms in total. The highest BCUT2D eigenvalue weighted by atomic mass is 19.4. The van der Waals surface area contributed by atoms with Crippen molar-refractivity contribution in [3.8, 4) is 11.1 Å². The lowest BCUT2D eigenvalue weighted by molar-refractivity contribution is -0.137. The largest absolute Gasteiger partial charge is 0.416 e. The van der Waals surface area contributed by atoms with Crippen molar-refractivity contribution in [2.24, 2.45) is 5.92 Å². The summed E-state index contributed by atoms with van der Waals surface area (Å²) in [7, 11) is 0. The zero-order chi connectivity index (χ0) is 24.3. The van der Waals surface area contributed by atoms with Crippen LogP contribution in [0.1, 0.15) is 47.1 Å². The van der Waals surface area contributed by atoms with Crippen LogP contribution in [-0.4, -0.2) is 33.1 Å². The van der Waals surface area contributed by atoms with Gasteiger partial charge in [0.15, 0.2) is 0 Å². The number of hydrogen-bond donors (Lipinski definition) is 2. The SMILES string of the molecule is C[C@](O)(CNC(=O)c1cnc(CCc2ccccn2)c(-c2ccc(C(F)(F)F)cc2)c1)C1CC1. The van der Waals surface area contributed by atoms with Crippen molar-refractivity contribution in [1.82, 2.24) is 15.3 Å². The quantitative estimate of drug-likeness (QED) is 0.495. The van der Waals surface area contributed by atoms with Crippen LogP contribution in [-0.2, 0) is 19.0 Å². The van der Waals surface area contributed by atoms with E-state index in [1.807, 2.05) is 18.2 Å². The Kier molecular flexibility index (Phi) is 6.70.